The summed E-state index contributed by atoms with van der Waals surface area (Å²) in [5, 5.41) is 3.48. The Kier molecular flexibility index (Phi) is 4.49. The van der Waals surface area contributed by atoms with Crippen LogP contribution in [0.25, 0.3) is 0 Å². The normalized spacial score (nSPS) is 26.0. The lowest BCUT2D eigenvalue weighted by molar-refractivity contribution is 0.274. The standard InChI is InChI=1S/C14H26N/c1-2-14(12-6-4-3-5-7-12)13-8-10-15-11-9-13/h12-13,15H,2-11H2,1H3. The molecule has 0 amide bonds. The zero-order chi connectivity index (χ0) is 10.5. The van der Waals surface area contributed by atoms with Crippen LogP contribution >= 0.6 is 0 Å². The molecule has 0 spiro atoms. The van der Waals surface area contributed by atoms with Crippen LogP contribution in [0.5, 0.6) is 0 Å². The minimum Gasteiger partial charge on any atom is -0.317 e. The van der Waals surface area contributed by atoms with Crippen LogP contribution < -0.4 is 5.32 Å². The van der Waals surface area contributed by atoms with E-state index in [-0.39, 0.29) is 0 Å². The first-order valence-corrected chi connectivity index (χ1v) is 6.98. The SMILES string of the molecule is CC[C](C1CCCCC1)C1CCNCC1. The molecule has 2 rings (SSSR count). The fourth-order valence-corrected chi connectivity index (χ4v) is 3.58. The topological polar surface area (TPSA) is 12.0 Å². The molecule has 0 aromatic heterocycles. The highest BCUT2D eigenvalue weighted by Crippen LogP contribution is 2.40. The molecule has 0 bridgehead atoms. The third-order valence-electron chi connectivity index (χ3n) is 4.40. The van der Waals surface area contributed by atoms with Crippen LogP contribution in [-0.2, 0) is 0 Å². The quantitative estimate of drug-likeness (QED) is 0.748. The average Bonchev–Trinajstić information content (AvgIpc) is 2.33. The molecular formula is C14H26N. The fraction of sp³-hybridized carbons (Fsp3) is 0.929. The van der Waals surface area contributed by atoms with Gasteiger partial charge in [-0.25, -0.2) is 0 Å². The molecule has 1 heteroatoms. The zero-order valence-corrected chi connectivity index (χ0v) is 10.2. The maximum absolute atomic E-state index is 3.48. The fourth-order valence-electron chi connectivity index (χ4n) is 3.58. The van der Waals surface area contributed by atoms with Gasteiger partial charge < -0.3 is 5.32 Å². The Balaban J connectivity index is 1.88. The Labute approximate surface area is 95.0 Å². The zero-order valence-electron chi connectivity index (χ0n) is 10.2. The Morgan fingerprint density at radius 1 is 0.933 bits per heavy atom. The van der Waals surface area contributed by atoms with Crippen LogP contribution in [0, 0.1) is 17.8 Å². The Morgan fingerprint density at radius 3 is 2.13 bits per heavy atom. The van der Waals surface area contributed by atoms with E-state index >= 15 is 0 Å². The predicted molar refractivity (Wildman–Crippen MR) is 65.7 cm³/mol. The lowest BCUT2D eigenvalue weighted by Crippen LogP contribution is -2.33. The van der Waals surface area contributed by atoms with Gasteiger partial charge in [0.25, 0.3) is 0 Å². The summed E-state index contributed by atoms with van der Waals surface area (Å²) >= 11 is 0. The average molecular weight is 208 g/mol. The van der Waals surface area contributed by atoms with Gasteiger partial charge in [0.1, 0.15) is 0 Å². The van der Waals surface area contributed by atoms with Gasteiger partial charge in [-0.3, -0.25) is 0 Å². The summed E-state index contributed by atoms with van der Waals surface area (Å²) in [5.41, 5.74) is 0. The van der Waals surface area contributed by atoms with Crippen molar-refractivity contribution in [1.82, 2.24) is 5.32 Å². The minimum atomic E-state index is 0.958. The van der Waals surface area contributed by atoms with Crippen LogP contribution in [-0.4, -0.2) is 13.1 Å². The van der Waals surface area contributed by atoms with E-state index in [4.69, 9.17) is 0 Å². The summed E-state index contributed by atoms with van der Waals surface area (Å²) in [6.45, 7) is 4.88. The molecule has 0 atom stereocenters. The maximum atomic E-state index is 3.48. The molecule has 1 aliphatic heterocycles. The van der Waals surface area contributed by atoms with Crippen molar-refractivity contribution in [2.24, 2.45) is 11.8 Å². The van der Waals surface area contributed by atoms with Crippen molar-refractivity contribution < 1.29 is 0 Å². The predicted octanol–water partition coefficient (Wildman–Crippen LogP) is 3.55. The van der Waals surface area contributed by atoms with E-state index in [1.54, 1.807) is 0 Å². The van der Waals surface area contributed by atoms with Crippen LogP contribution in [0.2, 0.25) is 0 Å². The second-order valence-electron chi connectivity index (χ2n) is 5.29. The summed E-state index contributed by atoms with van der Waals surface area (Å²) in [6.07, 6.45) is 11.6. The first-order chi connectivity index (χ1) is 7.42. The van der Waals surface area contributed by atoms with Gasteiger partial charge in [0.05, 0.1) is 0 Å². The van der Waals surface area contributed by atoms with Crippen LogP contribution in [0.4, 0.5) is 0 Å². The monoisotopic (exact) mass is 208 g/mol. The first-order valence-electron chi connectivity index (χ1n) is 6.98. The lowest BCUT2D eigenvalue weighted by Gasteiger charge is -2.37. The molecule has 0 aromatic carbocycles. The second-order valence-corrected chi connectivity index (χ2v) is 5.29. The maximum Gasteiger partial charge on any atom is -0.00461 e. The van der Waals surface area contributed by atoms with Crippen LogP contribution in [0.1, 0.15) is 58.3 Å². The van der Waals surface area contributed by atoms with E-state index in [1.165, 1.54) is 64.5 Å². The molecule has 1 heterocycles. The van der Waals surface area contributed by atoms with E-state index in [2.05, 4.69) is 12.2 Å². The summed E-state index contributed by atoms with van der Waals surface area (Å²) in [5.74, 6) is 3.88. The summed E-state index contributed by atoms with van der Waals surface area (Å²) in [7, 11) is 0. The lowest BCUT2D eigenvalue weighted by atomic mass is 9.70. The van der Waals surface area contributed by atoms with Gasteiger partial charge in [-0.1, -0.05) is 26.2 Å². The molecule has 1 saturated heterocycles. The molecule has 2 fully saturated rings. The number of hydrogen-bond donors (Lipinski definition) is 1. The van der Waals surface area contributed by atoms with E-state index in [9.17, 15) is 0 Å². The van der Waals surface area contributed by atoms with Gasteiger partial charge in [-0.15, -0.1) is 0 Å². The first kappa shape index (κ1) is 11.4. The molecule has 1 aliphatic carbocycles. The molecule has 1 N–H and O–H groups in total. The highest BCUT2D eigenvalue weighted by molar-refractivity contribution is 5.03. The molecule has 2 aliphatic rings. The molecular weight excluding hydrogens is 182 g/mol. The third kappa shape index (κ3) is 2.96. The van der Waals surface area contributed by atoms with Crippen molar-refractivity contribution in [3.8, 4) is 0 Å². The molecule has 1 radical (unpaired) electrons. The highest BCUT2D eigenvalue weighted by atomic mass is 14.9. The third-order valence-corrected chi connectivity index (χ3v) is 4.40. The van der Waals surface area contributed by atoms with Gasteiger partial charge in [-0.05, 0) is 62.9 Å². The summed E-state index contributed by atoms with van der Waals surface area (Å²) in [4.78, 5) is 0. The smallest absolute Gasteiger partial charge is 0.00461 e. The number of nitrogens with one attached hydrogen (secondary N) is 1. The molecule has 15 heavy (non-hydrogen) atoms. The Bertz CT molecular complexity index is 148. The second kappa shape index (κ2) is 5.89. The highest BCUT2D eigenvalue weighted by Gasteiger charge is 2.30. The number of rotatable bonds is 3. The van der Waals surface area contributed by atoms with Crippen molar-refractivity contribution in [2.75, 3.05) is 13.1 Å². The van der Waals surface area contributed by atoms with E-state index in [1.807, 2.05) is 5.92 Å². The summed E-state index contributed by atoms with van der Waals surface area (Å²) in [6, 6.07) is 0. The number of hydrogen-bond acceptors (Lipinski definition) is 1. The van der Waals surface area contributed by atoms with Crippen molar-refractivity contribution in [3.63, 3.8) is 0 Å². The van der Waals surface area contributed by atoms with E-state index in [0.29, 0.717) is 0 Å². The van der Waals surface area contributed by atoms with Crippen molar-refractivity contribution in [1.29, 1.82) is 0 Å². The molecule has 87 valence electrons. The minimum absolute atomic E-state index is 0.958. The van der Waals surface area contributed by atoms with Gasteiger partial charge in [-0.2, -0.15) is 0 Å². The molecule has 0 unspecified atom stereocenters. The number of piperidine rings is 1. The Hall–Kier alpha value is -0.0400. The molecule has 0 aromatic rings. The largest absolute Gasteiger partial charge is 0.317 e. The van der Waals surface area contributed by atoms with Crippen LogP contribution in [0.15, 0.2) is 0 Å². The van der Waals surface area contributed by atoms with Crippen molar-refractivity contribution in [3.05, 3.63) is 5.92 Å². The Morgan fingerprint density at radius 2 is 1.53 bits per heavy atom. The summed E-state index contributed by atoms with van der Waals surface area (Å²) < 4.78 is 0. The van der Waals surface area contributed by atoms with Crippen molar-refractivity contribution in [2.45, 2.75) is 58.3 Å². The van der Waals surface area contributed by atoms with Crippen LogP contribution in [0.3, 0.4) is 0 Å². The van der Waals surface area contributed by atoms with Gasteiger partial charge >= 0.3 is 0 Å². The molecule has 1 saturated carbocycles. The van der Waals surface area contributed by atoms with E-state index < -0.39 is 0 Å². The van der Waals surface area contributed by atoms with Crippen molar-refractivity contribution >= 4 is 0 Å². The van der Waals surface area contributed by atoms with E-state index in [0.717, 1.165) is 11.8 Å². The van der Waals surface area contributed by atoms with Gasteiger partial charge in [0.2, 0.25) is 0 Å². The van der Waals surface area contributed by atoms with Gasteiger partial charge in [0.15, 0.2) is 0 Å². The van der Waals surface area contributed by atoms with Gasteiger partial charge in [0, 0.05) is 0 Å². The molecule has 1 nitrogen and oxygen atoms in total.